The number of hydrogen-bond acceptors (Lipinski definition) is 3. The molecule has 0 aromatic heterocycles. The molecule has 3 nitrogen and oxygen atoms in total. The normalized spacial score (nSPS) is 12.2. The van der Waals surface area contributed by atoms with Crippen LogP contribution in [-0.4, -0.2) is 25.2 Å². The topological polar surface area (TPSA) is 53.1 Å². The van der Waals surface area contributed by atoms with Gasteiger partial charge in [-0.05, 0) is 31.2 Å². The molecule has 0 radical (unpaired) electrons. The summed E-state index contributed by atoms with van der Waals surface area (Å²) in [5.74, 6) is 0.792. The first-order chi connectivity index (χ1) is 9.04. The monoisotopic (exact) mass is 279 g/mol. The van der Waals surface area contributed by atoms with Crippen LogP contribution in [-0.2, 0) is 0 Å². The second-order valence-electron chi connectivity index (χ2n) is 4.82. The summed E-state index contributed by atoms with van der Waals surface area (Å²) in [6.45, 7) is 8.56. The quantitative estimate of drug-likeness (QED) is 0.456. The van der Waals surface area contributed by atoms with Crippen LogP contribution in [0.4, 0.5) is 5.69 Å². The van der Waals surface area contributed by atoms with Gasteiger partial charge in [-0.15, -0.1) is 11.8 Å². The van der Waals surface area contributed by atoms with Gasteiger partial charge in [0.05, 0.1) is 5.56 Å². The molecule has 0 bridgehead atoms. The standard InChI is InChI=1S/C15H25N3S/c1-5-11(3)10-18(6-2)12-8-7-9-13(19-4)14(12)15(16)17/h7-9,11H,5-6,10H2,1-4H3,(H3,16,17). The molecule has 0 aliphatic carbocycles. The SMILES string of the molecule is CCC(C)CN(CC)c1cccc(SC)c1C(=N)N. The van der Waals surface area contributed by atoms with Crippen LogP contribution in [0.15, 0.2) is 23.1 Å². The largest absolute Gasteiger partial charge is 0.384 e. The van der Waals surface area contributed by atoms with E-state index in [0.29, 0.717) is 5.92 Å². The van der Waals surface area contributed by atoms with Crippen molar-refractivity contribution in [3.05, 3.63) is 23.8 Å². The lowest BCUT2D eigenvalue weighted by Gasteiger charge is -2.29. The van der Waals surface area contributed by atoms with Gasteiger partial charge < -0.3 is 10.6 Å². The Morgan fingerprint density at radius 1 is 1.42 bits per heavy atom. The number of nitrogens with zero attached hydrogens (tertiary/aromatic N) is 1. The molecule has 1 unspecified atom stereocenters. The highest BCUT2D eigenvalue weighted by Crippen LogP contribution is 2.30. The van der Waals surface area contributed by atoms with E-state index in [-0.39, 0.29) is 5.84 Å². The number of thioether (sulfide) groups is 1. The van der Waals surface area contributed by atoms with E-state index >= 15 is 0 Å². The number of benzene rings is 1. The van der Waals surface area contributed by atoms with Crippen molar-refractivity contribution in [2.45, 2.75) is 32.1 Å². The minimum atomic E-state index is 0.155. The summed E-state index contributed by atoms with van der Waals surface area (Å²) >= 11 is 1.64. The summed E-state index contributed by atoms with van der Waals surface area (Å²) < 4.78 is 0. The van der Waals surface area contributed by atoms with Crippen molar-refractivity contribution in [1.82, 2.24) is 0 Å². The predicted octanol–water partition coefficient (Wildman–Crippen LogP) is 3.56. The van der Waals surface area contributed by atoms with Gasteiger partial charge in [-0.1, -0.05) is 26.3 Å². The predicted molar refractivity (Wildman–Crippen MR) is 86.6 cm³/mol. The fraction of sp³-hybridized carbons (Fsp3) is 0.533. The maximum atomic E-state index is 7.85. The molecule has 0 amide bonds. The van der Waals surface area contributed by atoms with Crippen LogP contribution in [0.25, 0.3) is 0 Å². The van der Waals surface area contributed by atoms with Crippen molar-refractivity contribution in [3.8, 4) is 0 Å². The first-order valence-corrected chi connectivity index (χ1v) is 8.03. The van der Waals surface area contributed by atoms with Crippen LogP contribution in [0, 0.1) is 11.3 Å². The molecular weight excluding hydrogens is 254 g/mol. The number of anilines is 1. The second kappa shape index (κ2) is 7.43. The molecule has 0 spiro atoms. The zero-order valence-corrected chi connectivity index (χ0v) is 13.2. The molecule has 0 fully saturated rings. The van der Waals surface area contributed by atoms with Gasteiger partial charge in [0.15, 0.2) is 0 Å². The van der Waals surface area contributed by atoms with Crippen molar-refractivity contribution in [3.63, 3.8) is 0 Å². The summed E-state index contributed by atoms with van der Waals surface area (Å²) in [5.41, 5.74) is 7.75. The maximum Gasteiger partial charge on any atom is 0.126 e. The van der Waals surface area contributed by atoms with E-state index in [1.165, 1.54) is 0 Å². The lowest BCUT2D eigenvalue weighted by Crippen LogP contribution is -2.30. The Balaban J connectivity index is 3.19. The highest BCUT2D eigenvalue weighted by atomic mass is 32.2. The van der Waals surface area contributed by atoms with Gasteiger partial charge in [0.25, 0.3) is 0 Å². The summed E-state index contributed by atoms with van der Waals surface area (Å²) in [6, 6.07) is 6.15. The zero-order chi connectivity index (χ0) is 14.4. The molecular formula is C15H25N3S. The van der Waals surface area contributed by atoms with E-state index in [0.717, 1.165) is 35.7 Å². The molecule has 19 heavy (non-hydrogen) atoms. The number of hydrogen-bond donors (Lipinski definition) is 2. The van der Waals surface area contributed by atoms with Crippen LogP contribution in [0.1, 0.15) is 32.8 Å². The van der Waals surface area contributed by atoms with Crippen LogP contribution in [0.5, 0.6) is 0 Å². The lowest BCUT2D eigenvalue weighted by atomic mass is 10.1. The van der Waals surface area contributed by atoms with Crippen molar-refractivity contribution < 1.29 is 0 Å². The Kier molecular flexibility index (Phi) is 6.22. The third-order valence-electron chi connectivity index (χ3n) is 3.44. The fourth-order valence-electron chi connectivity index (χ4n) is 2.13. The van der Waals surface area contributed by atoms with Gasteiger partial charge in [-0.3, -0.25) is 5.41 Å². The first kappa shape index (κ1) is 15.9. The highest BCUT2D eigenvalue weighted by Gasteiger charge is 2.16. The lowest BCUT2D eigenvalue weighted by molar-refractivity contribution is 0.548. The van der Waals surface area contributed by atoms with E-state index in [2.05, 4.69) is 31.7 Å². The number of amidine groups is 1. The molecule has 4 heteroatoms. The van der Waals surface area contributed by atoms with Gasteiger partial charge in [-0.25, -0.2) is 0 Å². The molecule has 0 aliphatic rings. The summed E-state index contributed by atoms with van der Waals surface area (Å²) in [7, 11) is 0. The summed E-state index contributed by atoms with van der Waals surface area (Å²) in [4.78, 5) is 3.40. The molecule has 1 aromatic carbocycles. The Morgan fingerprint density at radius 2 is 2.11 bits per heavy atom. The van der Waals surface area contributed by atoms with E-state index < -0.39 is 0 Å². The second-order valence-corrected chi connectivity index (χ2v) is 5.67. The number of rotatable bonds is 7. The van der Waals surface area contributed by atoms with Crippen LogP contribution in [0.3, 0.4) is 0 Å². The smallest absolute Gasteiger partial charge is 0.126 e. The van der Waals surface area contributed by atoms with E-state index in [1.54, 1.807) is 11.8 Å². The van der Waals surface area contributed by atoms with E-state index in [9.17, 15) is 0 Å². The van der Waals surface area contributed by atoms with Crippen LogP contribution < -0.4 is 10.6 Å². The summed E-state index contributed by atoms with van der Waals surface area (Å²) in [5, 5.41) is 7.85. The van der Waals surface area contributed by atoms with E-state index in [4.69, 9.17) is 11.1 Å². The molecule has 106 valence electrons. The van der Waals surface area contributed by atoms with Crippen molar-refractivity contribution in [2.24, 2.45) is 11.7 Å². The fourth-order valence-corrected chi connectivity index (χ4v) is 2.76. The molecule has 1 aromatic rings. The Labute approximate surface area is 121 Å². The maximum absolute atomic E-state index is 7.85. The Hall–Kier alpha value is -1.16. The van der Waals surface area contributed by atoms with Gasteiger partial charge in [0.1, 0.15) is 5.84 Å². The molecule has 0 heterocycles. The third-order valence-corrected chi connectivity index (χ3v) is 4.22. The number of nitrogens with two attached hydrogens (primary N) is 1. The van der Waals surface area contributed by atoms with Gasteiger partial charge >= 0.3 is 0 Å². The molecule has 3 N–H and O–H groups in total. The minimum absolute atomic E-state index is 0.155. The molecule has 0 aliphatic heterocycles. The zero-order valence-electron chi connectivity index (χ0n) is 12.4. The van der Waals surface area contributed by atoms with Gasteiger partial charge in [0, 0.05) is 23.7 Å². The minimum Gasteiger partial charge on any atom is -0.384 e. The number of nitrogens with one attached hydrogen (secondary N) is 1. The average Bonchev–Trinajstić information content (AvgIpc) is 2.43. The summed E-state index contributed by atoms with van der Waals surface area (Å²) in [6.07, 6.45) is 3.19. The van der Waals surface area contributed by atoms with Gasteiger partial charge in [-0.2, -0.15) is 0 Å². The average molecular weight is 279 g/mol. The van der Waals surface area contributed by atoms with Crippen LogP contribution >= 0.6 is 11.8 Å². The molecule has 1 atom stereocenters. The van der Waals surface area contributed by atoms with Crippen LogP contribution in [0.2, 0.25) is 0 Å². The van der Waals surface area contributed by atoms with Crippen molar-refractivity contribution in [1.29, 1.82) is 5.41 Å². The Morgan fingerprint density at radius 3 is 2.58 bits per heavy atom. The Bertz CT molecular complexity index is 431. The highest BCUT2D eigenvalue weighted by molar-refractivity contribution is 7.98. The van der Waals surface area contributed by atoms with E-state index in [1.807, 2.05) is 18.4 Å². The first-order valence-electron chi connectivity index (χ1n) is 6.81. The third kappa shape index (κ3) is 3.90. The van der Waals surface area contributed by atoms with Crippen molar-refractivity contribution in [2.75, 3.05) is 24.2 Å². The van der Waals surface area contributed by atoms with Gasteiger partial charge in [0.2, 0.25) is 0 Å². The molecule has 0 saturated heterocycles. The van der Waals surface area contributed by atoms with Crippen molar-refractivity contribution >= 4 is 23.3 Å². The molecule has 1 rings (SSSR count). The molecule has 0 saturated carbocycles. The number of nitrogen functional groups attached to an aromatic ring is 1.